The quantitative estimate of drug-likeness (QED) is 0.807. The Hall–Kier alpha value is -0.600. The Labute approximate surface area is 89.9 Å². The predicted octanol–water partition coefficient (Wildman–Crippen LogP) is 2.92. The zero-order valence-corrected chi connectivity index (χ0v) is 8.82. The van der Waals surface area contributed by atoms with Gasteiger partial charge in [-0.05, 0) is 30.4 Å². The van der Waals surface area contributed by atoms with Crippen molar-refractivity contribution in [1.82, 2.24) is 0 Å². The van der Waals surface area contributed by atoms with E-state index in [-0.39, 0.29) is 12.4 Å². The normalized spacial score (nSPS) is 18.1. The summed E-state index contributed by atoms with van der Waals surface area (Å²) in [4.78, 5) is 0. The lowest BCUT2D eigenvalue weighted by atomic mass is 9.77. The van der Waals surface area contributed by atoms with Gasteiger partial charge in [-0.15, -0.1) is 12.4 Å². The summed E-state index contributed by atoms with van der Waals surface area (Å²) >= 11 is 0. The first-order valence-electron chi connectivity index (χ1n) is 4.73. The van der Waals surface area contributed by atoms with Crippen molar-refractivity contribution in [3.8, 4) is 0 Å². The average Bonchev–Trinajstić information content (AvgIpc) is 2.14. The number of nitrogens with two attached hydrogens (primary N) is 1. The van der Waals surface area contributed by atoms with Gasteiger partial charge in [0.25, 0.3) is 0 Å². The molecule has 0 spiro atoms. The van der Waals surface area contributed by atoms with Crippen molar-refractivity contribution in [2.24, 2.45) is 5.73 Å². The van der Waals surface area contributed by atoms with Crippen LogP contribution in [0.3, 0.4) is 0 Å². The molecule has 1 nitrogen and oxygen atoms in total. The second-order valence-electron chi connectivity index (χ2n) is 3.72. The van der Waals surface area contributed by atoms with E-state index in [2.05, 4.69) is 0 Å². The molecule has 0 aromatic heterocycles. The molecule has 78 valence electrons. The molecule has 1 aromatic carbocycles. The first-order chi connectivity index (χ1) is 6.24. The molecule has 0 saturated heterocycles. The summed E-state index contributed by atoms with van der Waals surface area (Å²) in [5.41, 5.74) is 6.30. The van der Waals surface area contributed by atoms with Gasteiger partial charge in [0.15, 0.2) is 0 Å². The second-order valence-corrected chi connectivity index (χ2v) is 3.72. The van der Waals surface area contributed by atoms with Crippen LogP contribution in [0.1, 0.15) is 30.4 Å². The summed E-state index contributed by atoms with van der Waals surface area (Å²) in [6.07, 6.45) is 2.36. The van der Waals surface area contributed by atoms with E-state index in [1.165, 1.54) is 0 Å². The molecule has 1 aromatic rings. The fourth-order valence-corrected chi connectivity index (χ4v) is 1.72. The van der Waals surface area contributed by atoms with E-state index in [9.17, 15) is 4.39 Å². The molecule has 1 aliphatic carbocycles. The zero-order valence-electron chi connectivity index (χ0n) is 8.00. The zero-order chi connectivity index (χ0) is 9.31. The summed E-state index contributed by atoms with van der Waals surface area (Å²) in [7, 11) is 0. The minimum Gasteiger partial charge on any atom is -0.326 e. The molecule has 14 heavy (non-hydrogen) atoms. The third kappa shape index (κ3) is 1.91. The average molecular weight is 216 g/mol. The van der Waals surface area contributed by atoms with Gasteiger partial charge in [-0.25, -0.2) is 4.39 Å². The van der Waals surface area contributed by atoms with Gasteiger partial charge in [-0.2, -0.15) is 0 Å². The molecule has 0 amide bonds. The van der Waals surface area contributed by atoms with Gasteiger partial charge in [-0.3, -0.25) is 0 Å². The van der Waals surface area contributed by atoms with Crippen LogP contribution in [0, 0.1) is 0 Å². The van der Waals surface area contributed by atoms with E-state index in [0.717, 1.165) is 17.5 Å². The fraction of sp³-hybridized carbons (Fsp3) is 0.455. The minimum absolute atomic E-state index is 0. The van der Waals surface area contributed by atoms with E-state index in [1.54, 1.807) is 0 Å². The lowest BCUT2D eigenvalue weighted by Crippen LogP contribution is -2.28. The van der Waals surface area contributed by atoms with Gasteiger partial charge in [0.1, 0.15) is 5.67 Å². The maximum absolute atomic E-state index is 13.8. The predicted molar refractivity (Wildman–Crippen MR) is 58.2 cm³/mol. The third-order valence-corrected chi connectivity index (χ3v) is 2.85. The number of alkyl halides is 1. The molecule has 2 N–H and O–H groups in total. The topological polar surface area (TPSA) is 26.0 Å². The van der Waals surface area contributed by atoms with Gasteiger partial charge >= 0.3 is 0 Å². The van der Waals surface area contributed by atoms with Crippen LogP contribution < -0.4 is 5.73 Å². The molecule has 0 unspecified atom stereocenters. The van der Waals surface area contributed by atoms with E-state index in [4.69, 9.17) is 5.73 Å². The Morgan fingerprint density at radius 1 is 1.21 bits per heavy atom. The Kier molecular flexibility index (Phi) is 3.51. The van der Waals surface area contributed by atoms with Crippen molar-refractivity contribution in [2.45, 2.75) is 31.5 Å². The molecule has 0 heterocycles. The third-order valence-electron chi connectivity index (χ3n) is 2.85. The smallest absolute Gasteiger partial charge is 0.136 e. The van der Waals surface area contributed by atoms with Crippen molar-refractivity contribution in [3.05, 3.63) is 35.4 Å². The number of benzene rings is 1. The number of hydrogen-bond acceptors (Lipinski definition) is 1. The standard InChI is InChI=1S/C11H14FN.ClH/c12-11(6-1-7-11)10-4-2-9(8-13)3-5-10;/h2-5H,1,6-8,13H2;1H. The number of halogens is 2. The van der Waals surface area contributed by atoms with Crippen LogP contribution >= 0.6 is 12.4 Å². The van der Waals surface area contributed by atoms with E-state index in [0.29, 0.717) is 19.4 Å². The molecule has 2 rings (SSSR count). The largest absolute Gasteiger partial charge is 0.326 e. The Bertz CT molecular complexity index is 293. The maximum Gasteiger partial charge on any atom is 0.136 e. The maximum atomic E-state index is 13.8. The van der Waals surface area contributed by atoms with Gasteiger partial charge < -0.3 is 5.73 Å². The fourth-order valence-electron chi connectivity index (χ4n) is 1.72. The summed E-state index contributed by atoms with van der Waals surface area (Å²) in [5, 5.41) is 0. The molecule has 1 saturated carbocycles. The molecule has 0 bridgehead atoms. The SMILES string of the molecule is Cl.NCc1ccc(C2(F)CCC2)cc1. The van der Waals surface area contributed by atoms with E-state index < -0.39 is 5.67 Å². The molecule has 0 atom stereocenters. The lowest BCUT2D eigenvalue weighted by molar-refractivity contribution is 0.0609. The highest BCUT2D eigenvalue weighted by Gasteiger charge is 2.38. The van der Waals surface area contributed by atoms with Crippen LogP contribution in [-0.2, 0) is 12.2 Å². The van der Waals surface area contributed by atoms with Crippen molar-refractivity contribution in [1.29, 1.82) is 0 Å². The van der Waals surface area contributed by atoms with Crippen molar-refractivity contribution in [3.63, 3.8) is 0 Å². The van der Waals surface area contributed by atoms with Crippen molar-refractivity contribution < 1.29 is 4.39 Å². The summed E-state index contributed by atoms with van der Waals surface area (Å²) in [6, 6.07) is 7.55. The van der Waals surface area contributed by atoms with Gasteiger partial charge in [0, 0.05) is 6.54 Å². The molecular formula is C11H15ClFN. The van der Waals surface area contributed by atoms with Crippen molar-refractivity contribution >= 4 is 12.4 Å². The number of rotatable bonds is 2. The monoisotopic (exact) mass is 215 g/mol. The minimum atomic E-state index is -1.03. The van der Waals surface area contributed by atoms with Crippen LogP contribution in [-0.4, -0.2) is 0 Å². The molecule has 0 aliphatic heterocycles. The van der Waals surface area contributed by atoms with Crippen LogP contribution in [0.5, 0.6) is 0 Å². The van der Waals surface area contributed by atoms with Gasteiger partial charge in [0.2, 0.25) is 0 Å². The van der Waals surface area contributed by atoms with E-state index >= 15 is 0 Å². The molecule has 0 radical (unpaired) electrons. The summed E-state index contributed by atoms with van der Waals surface area (Å²) in [6.45, 7) is 0.527. The highest BCUT2D eigenvalue weighted by molar-refractivity contribution is 5.85. The van der Waals surface area contributed by atoms with E-state index in [1.807, 2.05) is 24.3 Å². The Balaban J connectivity index is 0.000000980. The Morgan fingerprint density at radius 2 is 1.79 bits per heavy atom. The van der Waals surface area contributed by atoms with Crippen LogP contribution in [0.4, 0.5) is 4.39 Å². The highest BCUT2D eigenvalue weighted by Crippen LogP contribution is 2.44. The van der Waals surface area contributed by atoms with Crippen LogP contribution in [0.15, 0.2) is 24.3 Å². The molecular weight excluding hydrogens is 201 g/mol. The first kappa shape index (κ1) is 11.5. The molecule has 3 heteroatoms. The summed E-state index contributed by atoms with van der Waals surface area (Å²) in [5.74, 6) is 0. The second kappa shape index (κ2) is 4.28. The lowest BCUT2D eigenvalue weighted by Gasteiger charge is -2.34. The summed E-state index contributed by atoms with van der Waals surface area (Å²) < 4.78 is 13.8. The molecule has 1 aliphatic rings. The van der Waals surface area contributed by atoms with Crippen molar-refractivity contribution in [2.75, 3.05) is 0 Å². The van der Waals surface area contributed by atoms with Crippen LogP contribution in [0.2, 0.25) is 0 Å². The van der Waals surface area contributed by atoms with Crippen LogP contribution in [0.25, 0.3) is 0 Å². The van der Waals surface area contributed by atoms with Gasteiger partial charge in [0.05, 0.1) is 0 Å². The van der Waals surface area contributed by atoms with Gasteiger partial charge in [-0.1, -0.05) is 24.3 Å². The Morgan fingerprint density at radius 3 is 2.14 bits per heavy atom. The highest BCUT2D eigenvalue weighted by atomic mass is 35.5. The molecule has 1 fully saturated rings. The number of hydrogen-bond donors (Lipinski definition) is 1. The first-order valence-corrected chi connectivity index (χ1v) is 4.73.